The molecular weight excluding hydrogens is 267 g/mol. The number of ether oxygens (including phenoxy) is 1. The number of nitro groups is 1. The predicted octanol–water partition coefficient (Wildman–Crippen LogP) is -1.63. The molecule has 0 aliphatic carbocycles. The Balaban J connectivity index is 0.00000256. The Labute approximate surface area is 137 Å². The van der Waals surface area contributed by atoms with Gasteiger partial charge in [-0.05, 0) is 6.92 Å². The maximum absolute atomic E-state index is 12.5. The molecule has 0 fully saturated rings. The van der Waals surface area contributed by atoms with E-state index in [2.05, 4.69) is 9.72 Å². The van der Waals surface area contributed by atoms with Gasteiger partial charge in [0.25, 0.3) is 5.88 Å². The molecule has 88 valence electrons. The first-order valence-electron chi connectivity index (χ1n) is 4.16. The van der Waals surface area contributed by atoms with Crippen LogP contribution in [0.25, 0.3) is 0 Å². The van der Waals surface area contributed by atoms with Crippen molar-refractivity contribution in [1.82, 2.24) is 4.98 Å². The summed E-state index contributed by atoms with van der Waals surface area (Å²) in [5.41, 5.74) is -2.31. The molecule has 0 saturated carbocycles. The molecule has 0 atom stereocenters. The van der Waals surface area contributed by atoms with Crippen LogP contribution >= 0.6 is 0 Å². The zero-order chi connectivity index (χ0) is 12.5. The summed E-state index contributed by atoms with van der Waals surface area (Å²) in [5, 5.41) is 10.6. The van der Waals surface area contributed by atoms with Gasteiger partial charge in [-0.25, -0.2) is 4.98 Å². The Morgan fingerprint density at radius 3 is 2.35 bits per heavy atom. The van der Waals surface area contributed by atoms with E-state index in [1.54, 1.807) is 0 Å². The van der Waals surface area contributed by atoms with Crippen LogP contribution in [-0.4, -0.2) is 24.0 Å². The molecule has 0 amide bonds. The van der Waals surface area contributed by atoms with Gasteiger partial charge < -0.3 is 17.7 Å². The van der Waals surface area contributed by atoms with Gasteiger partial charge in [-0.1, -0.05) is 5.46 Å². The minimum atomic E-state index is -5.32. The van der Waals surface area contributed by atoms with E-state index < -0.39 is 34.5 Å². The number of rotatable bonds is 3. The van der Waals surface area contributed by atoms with Crippen molar-refractivity contribution < 1.29 is 74.0 Å². The fourth-order valence-electron chi connectivity index (χ4n) is 1.28. The minimum absolute atomic E-state index is 0. The van der Waals surface area contributed by atoms with Gasteiger partial charge in [-0.2, -0.15) is 0 Å². The molecule has 5 nitrogen and oxygen atoms in total. The van der Waals surface area contributed by atoms with Gasteiger partial charge in [0, 0.05) is 11.8 Å². The topological polar surface area (TPSA) is 65.3 Å². The van der Waals surface area contributed by atoms with Crippen LogP contribution in [0.4, 0.5) is 18.6 Å². The third kappa shape index (κ3) is 3.65. The number of hydrogen-bond acceptors (Lipinski definition) is 4. The molecule has 0 spiro atoms. The van der Waals surface area contributed by atoms with Crippen molar-refractivity contribution in [2.45, 2.75) is 6.92 Å². The van der Waals surface area contributed by atoms with E-state index in [0.717, 1.165) is 14.0 Å². The Kier molecular flexibility index (Phi) is 6.08. The number of halogens is 3. The van der Waals surface area contributed by atoms with Crippen LogP contribution in [0, 0.1) is 17.0 Å². The standard InChI is InChI=1S/C7H7BF3N2O3.K/c1-4-5(8(9,10)11)3-12-7(16-2)6(4)13(14)15;/h3H,1-2H3;/q-1;+1. The van der Waals surface area contributed by atoms with E-state index in [1.807, 2.05) is 0 Å². The fourth-order valence-corrected chi connectivity index (χ4v) is 1.28. The molecule has 0 aliphatic heterocycles. The summed E-state index contributed by atoms with van der Waals surface area (Å²) in [7, 11) is 1.10. The van der Waals surface area contributed by atoms with Crippen LogP contribution in [0.3, 0.4) is 0 Å². The zero-order valence-electron chi connectivity index (χ0n) is 9.41. The van der Waals surface area contributed by atoms with Crippen molar-refractivity contribution in [3.8, 4) is 5.88 Å². The Morgan fingerprint density at radius 2 is 2.00 bits per heavy atom. The summed E-state index contributed by atoms with van der Waals surface area (Å²) in [5.74, 6) is -0.425. The summed E-state index contributed by atoms with van der Waals surface area (Å²) < 4.78 is 42.0. The Morgan fingerprint density at radius 1 is 1.47 bits per heavy atom. The van der Waals surface area contributed by atoms with E-state index >= 15 is 0 Å². The van der Waals surface area contributed by atoms with Gasteiger partial charge in [0.2, 0.25) is 0 Å². The number of aromatic nitrogens is 1. The maximum Gasteiger partial charge on any atom is 1.00 e. The van der Waals surface area contributed by atoms with Crippen LogP contribution in [0.1, 0.15) is 5.56 Å². The molecule has 0 unspecified atom stereocenters. The molecular formula is C7H7BF3KN2O3. The SMILES string of the molecule is COc1ncc([B-](F)(F)F)c(C)c1[N+](=O)[O-].[K+]. The quantitative estimate of drug-likeness (QED) is 0.377. The predicted molar refractivity (Wildman–Crippen MR) is 50.9 cm³/mol. The molecule has 0 bridgehead atoms. The van der Waals surface area contributed by atoms with E-state index in [9.17, 15) is 23.1 Å². The smallest absolute Gasteiger partial charge is 0.476 e. The number of methoxy groups -OCH3 is 1. The molecule has 1 rings (SSSR count). The van der Waals surface area contributed by atoms with E-state index in [1.165, 1.54) is 0 Å². The van der Waals surface area contributed by atoms with E-state index in [0.29, 0.717) is 6.20 Å². The number of hydrogen-bond donors (Lipinski definition) is 0. The van der Waals surface area contributed by atoms with Crippen LogP contribution in [0.2, 0.25) is 0 Å². The second-order valence-electron chi connectivity index (χ2n) is 3.03. The summed E-state index contributed by atoms with van der Waals surface area (Å²) in [6.45, 7) is -4.30. The van der Waals surface area contributed by atoms with Crippen LogP contribution in [0.5, 0.6) is 5.88 Å². The molecule has 1 heterocycles. The van der Waals surface area contributed by atoms with Crippen molar-refractivity contribution in [1.29, 1.82) is 0 Å². The molecule has 0 radical (unpaired) electrons. The molecule has 17 heavy (non-hydrogen) atoms. The third-order valence-corrected chi connectivity index (χ3v) is 2.04. The first kappa shape index (κ1) is 16.8. The minimum Gasteiger partial charge on any atom is -0.476 e. The van der Waals surface area contributed by atoms with Gasteiger partial charge in [-0.3, -0.25) is 10.1 Å². The monoisotopic (exact) mass is 274 g/mol. The van der Waals surface area contributed by atoms with Crippen LogP contribution in [0.15, 0.2) is 6.20 Å². The Hall–Kier alpha value is -0.159. The van der Waals surface area contributed by atoms with Gasteiger partial charge in [-0.15, -0.1) is 0 Å². The molecule has 1 aromatic rings. The van der Waals surface area contributed by atoms with Crippen molar-refractivity contribution in [2.24, 2.45) is 0 Å². The summed E-state index contributed by atoms with van der Waals surface area (Å²) in [6.07, 6.45) is 0.543. The molecule has 10 heteroatoms. The summed E-state index contributed by atoms with van der Waals surface area (Å²) >= 11 is 0. The average Bonchev–Trinajstić information content (AvgIpc) is 2.14. The molecule has 0 N–H and O–H groups in total. The summed E-state index contributed by atoms with van der Waals surface area (Å²) in [6, 6.07) is 0. The first-order chi connectivity index (χ1) is 7.29. The van der Waals surface area contributed by atoms with Gasteiger partial charge >= 0.3 is 64.0 Å². The van der Waals surface area contributed by atoms with Crippen molar-refractivity contribution >= 4 is 18.1 Å². The molecule has 0 saturated heterocycles. The zero-order valence-corrected chi connectivity index (χ0v) is 12.5. The normalized spacial score (nSPS) is 10.6. The second-order valence-corrected chi connectivity index (χ2v) is 3.03. The molecule has 1 aromatic heterocycles. The first-order valence-corrected chi connectivity index (χ1v) is 4.16. The fraction of sp³-hybridized carbons (Fsp3) is 0.286. The van der Waals surface area contributed by atoms with E-state index in [-0.39, 0.29) is 51.4 Å². The second kappa shape index (κ2) is 6.14. The van der Waals surface area contributed by atoms with Crippen molar-refractivity contribution in [3.05, 3.63) is 21.9 Å². The van der Waals surface area contributed by atoms with Gasteiger partial charge in [0.15, 0.2) is 0 Å². The van der Waals surface area contributed by atoms with Crippen molar-refractivity contribution in [3.63, 3.8) is 0 Å². The van der Waals surface area contributed by atoms with E-state index in [4.69, 9.17) is 0 Å². The Bertz CT molecular complexity index is 441. The van der Waals surface area contributed by atoms with Gasteiger partial charge in [0.1, 0.15) is 0 Å². The maximum atomic E-state index is 12.5. The molecule has 0 aromatic carbocycles. The number of nitrogens with zero attached hydrogens (tertiary/aromatic N) is 2. The summed E-state index contributed by atoms with van der Waals surface area (Å²) in [4.78, 5) is 12.9. The third-order valence-electron chi connectivity index (χ3n) is 2.04. The molecule has 0 aliphatic rings. The van der Waals surface area contributed by atoms with Crippen LogP contribution in [-0.2, 0) is 0 Å². The number of pyridine rings is 1. The van der Waals surface area contributed by atoms with Crippen LogP contribution < -0.4 is 61.6 Å². The van der Waals surface area contributed by atoms with Crippen molar-refractivity contribution in [2.75, 3.05) is 7.11 Å². The van der Waals surface area contributed by atoms with Gasteiger partial charge in [0.05, 0.1) is 12.0 Å². The largest absolute Gasteiger partial charge is 1.00 e. The average molecular weight is 274 g/mol.